The zero-order chi connectivity index (χ0) is 15.9. The van der Waals surface area contributed by atoms with Crippen molar-refractivity contribution in [2.75, 3.05) is 18.2 Å². The molecule has 0 saturated heterocycles. The summed E-state index contributed by atoms with van der Waals surface area (Å²) in [5, 5.41) is 2.89. The standard InChI is InChI=1S/C18H21NO2S/c1-13-4-9-17(12-14(13)2)22-11-10-18(20)19-15-5-7-16(21-3)8-6-15/h4-9,12H,10-11H2,1-3H3,(H,19,20). The van der Waals surface area contributed by atoms with Crippen LogP contribution in [0.15, 0.2) is 47.4 Å². The van der Waals surface area contributed by atoms with Gasteiger partial charge >= 0.3 is 0 Å². The van der Waals surface area contributed by atoms with Gasteiger partial charge in [-0.15, -0.1) is 11.8 Å². The highest BCUT2D eigenvalue weighted by molar-refractivity contribution is 7.99. The van der Waals surface area contributed by atoms with E-state index in [-0.39, 0.29) is 5.91 Å². The largest absolute Gasteiger partial charge is 0.497 e. The van der Waals surface area contributed by atoms with Gasteiger partial charge in [-0.25, -0.2) is 0 Å². The summed E-state index contributed by atoms with van der Waals surface area (Å²) >= 11 is 1.71. The minimum Gasteiger partial charge on any atom is -0.497 e. The third-order valence-electron chi connectivity index (χ3n) is 3.45. The van der Waals surface area contributed by atoms with E-state index < -0.39 is 0 Å². The smallest absolute Gasteiger partial charge is 0.225 e. The molecule has 1 amide bonds. The summed E-state index contributed by atoms with van der Waals surface area (Å²) in [7, 11) is 1.62. The molecule has 0 unspecified atom stereocenters. The van der Waals surface area contributed by atoms with Gasteiger partial charge in [0.25, 0.3) is 0 Å². The van der Waals surface area contributed by atoms with E-state index in [4.69, 9.17) is 4.74 Å². The minimum atomic E-state index is 0.0292. The Hall–Kier alpha value is -1.94. The number of thioether (sulfide) groups is 1. The average molecular weight is 315 g/mol. The molecule has 2 aromatic rings. The van der Waals surface area contributed by atoms with Crippen molar-refractivity contribution in [2.24, 2.45) is 0 Å². The van der Waals surface area contributed by atoms with Crippen LogP contribution in [-0.2, 0) is 4.79 Å². The summed E-state index contributed by atoms with van der Waals surface area (Å²) in [6, 6.07) is 13.7. The SMILES string of the molecule is COc1ccc(NC(=O)CCSc2ccc(C)c(C)c2)cc1. The molecule has 1 N–H and O–H groups in total. The predicted molar refractivity (Wildman–Crippen MR) is 92.9 cm³/mol. The van der Waals surface area contributed by atoms with Gasteiger partial charge in [0.05, 0.1) is 7.11 Å². The summed E-state index contributed by atoms with van der Waals surface area (Å²) in [5.74, 6) is 1.58. The second-order valence-corrected chi connectivity index (χ2v) is 6.29. The number of hydrogen-bond acceptors (Lipinski definition) is 3. The molecule has 0 atom stereocenters. The van der Waals surface area contributed by atoms with Gasteiger partial charge in [-0.1, -0.05) is 6.07 Å². The number of aryl methyl sites for hydroxylation is 2. The number of nitrogens with one attached hydrogen (secondary N) is 1. The maximum Gasteiger partial charge on any atom is 0.225 e. The van der Waals surface area contributed by atoms with Crippen LogP contribution in [-0.4, -0.2) is 18.8 Å². The molecule has 0 bridgehead atoms. The van der Waals surface area contributed by atoms with Gasteiger partial charge in [-0.3, -0.25) is 4.79 Å². The lowest BCUT2D eigenvalue weighted by atomic mass is 10.1. The van der Waals surface area contributed by atoms with Gasteiger partial charge in [-0.2, -0.15) is 0 Å². The van der Waals surface area contributed by atoms with E-state index in [0.29, 0.717) is 6.42 Å². The Balaban J connectivity index is 1.78. The molecule has 22 heavy (non-hydrogen) atoms. The summed E-state index contributed by atoms with van der Waals surface area (Å²) in [4.78, 5) is 13.1. The predicted octanol–water partition coefficient (Wildman–Crippen LogP) is 4.43. The van der Waals surface area contributed by atoms with Crippen LogP contribution in [0.1, 0.15) is 17.5 Å². The van der Waals surface area contributed by atoms with Crippen LogP contribution in [0.4, 0.5) is 5.69 Å². The number of methoxy groups -OCH3 is 1. The number of amides is 1. The molecule has 2 aromatic carbocycles. The molecule has 0 spiro atoms. The molecule has 0 radical (unpaired) electrons. The summed E-state index contributed by atoms with van der Waals surface area (Å²) < 4.78 is 5.09. The van der Waals surface area contributed by atoms with Crippen molar-refractivity contribution in [1.29, 1.82) is 0 Å². The van der Waals surface area contributed by atoms with Crippen LogP contribution < -0.4 is 10.1 Å². The van der Waals surface area contributed by atoms with Crippen molar-refractivity contribution in [3.8, 4) is 5.75 Å². The number of rotatable bonds is 6. The van der Waals surface area contributed by atoms with Crippen molar-refractivity contribution >= 4 is 23.4 Å². The lowest BCUT2D eigenvalue weighted by molar-refractivity contribution is -0.115. The fraction of sp³-hybridized carbons (Fsp3) is 0.278. The Morgan fingerprint density at radius 3 is 2.45 bits per heavy atom. The van der Waals surface area contributed by atoms with Crippen LogP contribution in [0, 0.1) is 13.8 Å². The summed E-state index contributed by atoms with van der Waals surface area (Å²) in [5.41, 5.74) is 3.37. The van der Waals surface area contributed by atoms with Gasteiger partial charge in [-0.05, 0) is 61.4 Å². The Labute approximate surface area is 136 Å². The molecule has 0 aliphatic heterocycles. The molecule has 116 valence electrons. The summed E-state index contributed by atoms with van der Waals surface area (Å²) in [6.45, 7) is 4.21. The Kier molecular flexibility index (Phi) is 5.90. The van der Waals surface area contributed by atoms with Crippen molar-refractivity contribution < 1.29 is 9.53 Å². The van der Waals surface area contributed by atoms with E-state index >= 15 is 0 Å². The van der Waals surface area contributed by atoms with E-state index in [1.165, 1.54) is 16.0 Å². The van der Waals surface area contributed by atoms with E-state index in [1.807, 2.05) is 24.3 Å². The third-order valence-corrected chi connectivity index (χ3v) is 4.45. The van der Waals surface area contributed by atoms with Crippen LogP contribution >= 0.6 is 11.8 Å². The number of hydrogen-bond donors (Lipinski definition) is 1. The first-order valence-corrected chi connectivity index (χ1v) is 8.21. The fourth-order valence-electron chi connectivity index (χ4n) is 1.96. The molecule has 0 fully saturated rings. The molecule has 4 heteroatoms. The number of ether oxygens (including phenoxy) is 1. The monoisotopic (exact) mass is 315 g/mol. The zero-order valence-electron chi connectivity index (χ0n) is 13.2. The highest BCUT2D eigenvalue weighted by atomic mass is 32.2. The molecule has 0 aliphatic carbocycles. The second kappa shape index (κ2) is 7.90. The molecule has 3 nitrogen and oxygen atoms in total. The third kappa shape index (κ3) is 4.81. The maximum atomic E-state index is 11.9. The molecule has 0 heterocycles. The van der Waals surface area contributed by atoms with E-state index in [2.05, 4.69) is 37.4 Å². The van der Waals surface area contributed by atoms with Gasteiger partial charge < -0.3 is 10.1 Å². The molecule has 2 rings (SSSR count). The van der Waals surface area contributed by atoms with Crippen LogP contribution in [0.3, 0.4) is 0 Å². The zero-order valence-corrected chi connectivity index (χ0v) is 14.0. The first-order valence-electron chi connectivity index (χ1n) is 7.22. The topological polar surface area (TPSA) is 38.3 Å². The first-order chi connectivity index (χ1) is 10.6. The van der Waals surface area contributed by atoms with Gasteiger partial charge in [0.15, 0.2) is 0 Å². The number of anilines is 1. The highest BCUT2D eigenvalue weighted by Crippen LogP contribution is 2.22. The second-order valence-electron chi connectivity index (χ2n) is 5.12. The number of carbonyl (C=O) groups excluding carboxylic acids is 1. The Morgan fingerprint density at radius 1 is 1.09 bits per heavy atom. The van der Waals surface area contributed by atoms with Crippen LogP contribution in [0.2, 0.25) is 0 Å². The van der Waals surface area contributed by atoms with Crippen LogP contribution in [0.25, 0.3) is 0 Å². The Morgan fingerprint density at radius 2 is 1.82 bits per heavy atom. The summed E-state index contributed by atoms with van der Waals surface area (Å²) in [6.07, 6.45) is 0.490. The van der Waals surface area contributed by atoms with E-state index in [0.717, 1.165) is 17.2 Å². The quantitative estimate of drug-likeness (QED) is 0.801. The highest BCUT2D eigenvalue weighted by Gasteiger charge is 2.04. The Bertz CT molecular complexity index is 638. The van der Waals surface area contributed by atoms with Gasteiger partial charge in [0.2, 0.25) is 5.91 Å². The van der Waals surface area contributed by atoms with Gasteiger partial charge in [0, 0.05) is 22.8 Å². The van der Waals surface area contributed by atoms with Crippen molar-refractivity contribution in [3.05, 3.63) is 53.6 Å². The van der Waals surface area contributed by atoms with Crippen molar-refractivity contribution in [1.82, 2.24) is 0 Å². The van der Waals surface area contributed by atoms with E-state index in [9.17, 15) is 4.79 Å². The lowest BCUT2D eigenvalue weighted by Gasteiger charge is -2.07. The fourth-order valence-corrected chi connectivity index (χ4v) is 2.91. The minimum absolute atomic E-state index is 0.0292. The molecule has 0 saturated carbocycles. The van der Waals surface area contributed by atoms with Crippen molar-refractivity contribution in [3.63, 3.8) is 0 Å². The molecular weight excluding hydrogens is 294 g/mol. The number of carbonyl (C=O) groups is 1. The normalized spacial score (nSPS) is 10.3. The van der Waals surface area contributed by atoms with E-state index in [1.54, 1.807) is 18.9 Å². The lowest BCUT2D eigenvalue weighted by Crippen LogP contribution is -2.12. The van der Waals surface area contributed by atoms with Gasteiger partial charge in [0.1, 0.15) is 5.75 Å². The molecule has 0 aliphatic rings. The first kappa shape index (κ1) is 16.4. The molecular formula is C18H21NO2S. The average Bonchev–Trinajstić information content (AvgIpc) is 2.51. The molecule has 0 aromatic heterocycles. The van der Waals surface area contributed by atoms with Crippen molar-refractivity contribution in [2.45, 2.75) is 25.2 Å². The number of benzene rings is 2. The van der Waals surface area contributed by atoms with Crippen LogP contribution in [0.5, 0.6) is 5.75 Å². The maximum absolute atomic E-state index is 11.9.